The van der Waals surface area contributed by atoms with Crippen LogP contribution in [0.2, 0.25) is 0 Å². The van der Waals surface area contributed by atoms with Crippen LogP contribution < -0.4 is 5.32 Å². The van der Waals surface area contributed by atoms with Crippen molar-refractivity contribution in [2.75, 3.05) is 0 Å². The summed E-state index contributed by atoms with van der Waals surface area (Å²) in [5.74, 6) is -1.04. The van der Waals surface area contributed by atoms with Crippen LogP contribution in [0.25, 0.3) is 0 Å². The molecule has 0 radical (unpaired) electrons. The molecule has 0 aliphatic carbocycles. The van der Waals surface area contributed by atoms with Crippen molar-refractivity contribution in [2.24, 2.45) is 5.92 Å². The van der Waals surface area contributed by atoms with Crippen LogP contribution in [-0.4, -0.2) is 23.0 Å². The zero-order chi connectivity index (χ0) is 7.72. The first-order chi connectivity index (χ1) is 4.61. The smallest absolute Gasteiger partial charge is 0.305 e. The van der Waals surface area contributed by atoms with Crippen molar-refractivity contribution in [3.63, 3.8) is 0 Å². The third-order valence-electron chi connectivity index (χ3n) is 1.74. The first kappa shape index (κ1) is 7.05. The standard InChI is InChI=1S/C6H9NO3/c1-3-4(2-5(8)9)7-6(3)10/h3-4H,2H2,1H3,(H,7,10)(H,8,9)/t3-,4+/m0/s1. The molecule has 1 fully saturated rings. The summed E-state index contributed by atoms with van der Waals surface area (Å²) in [6.07, 6.45) is 0.0346. The maximum absolute atomic E-state index is 10.5. The average Bonchev–Trinajstić information content (AvgIpc) is 1.86. The van der Waals surface area contributed by atoms with Crippen LogP contribution >= 0.6 is 0 Å². The van der Waals surface area contributed by atoms with E-state index in [9.17, 15) is 9.59 Å². The number of hydrogen-bond acceptors (Lipinski definition) is 2. The van der Waals surface area contributed by atoms with Gasteiger partial charge >= 0.3 is 5.97 Å². The Morgan fingerprint density at radius 2 is 2.40 bits per heavy atom. The lowest BCUT2D eigenvalue weighted by Crippen LogP contribution is -2.57. The molecule has 0 aromatic carbocycles. The molecule has 1 aliphatic heterocycles. The molecule has 1 amide bonds. The Hall–Kier alpha value is -1.06. The van der Waals surface area contributed by atoms with Gasteiger partial charge in [-0.05, 0) is 0 Å². The average molecular weight is 143 g/mol. The van der Waals surface area contributed by atoms with Gasteiger partial charge in [-0.15, -0.1) is 0 Å². The Morgan fingerprint density at radius 1 is 1.80 bits per heavy atom. The predicted octanol–water partition coefficient (Wildman–Crippen LogP) is -0.404. The van der Waals surface area contributed by atoms with Crippen LogP contribution in [0.4, 0.5) is 0 Å². The summed E-state index contributed by atoms with van der Waals surface area (Å²) in [4.78, 5) is 20.6. The van der Waals surface area contributed by atoms with E-state index in [4.69, 9.17) is 5.11 Å². The molecule has 10 heavy (non-hydrogen) atoms. The van der Waals surface area contributed by atoms with Gasteiger partial charge in [0.2, 0.25) is 5.91 Å². The van der Waals surface area contributed by atoms with Crippen molar-refractivity contribution < 1.29 is 14.7 Å². The Balaban J connectivity index is 2.34. The minimum Gasteiger partial charge on any atom is -0.481 e. The highest BCUT2D eigenvalue weighted by Gasteiger charge is 2.36. The Bertz CT molecular complexity index is 178. The van der Waals surface area contributed by atoms with E-state index in [1.54, 1.807) is 6.92 Å². The van der Waals surface area contributed by atoms with E-state index in [2.05, 4.69) is 5.32 Å². The molecule has 56 valence electrons. The maximum Gasteiger partial charge on any atom is 0.305 e. The maximum atomic E-state index is 10.5. The SMILES string of the molecule is C[C@@H]1C(=O)N[C@@H]1CC(=O)O. The van der Waals surface area contributed by atoms with Crippen LogP contribution in [-0.2, 0) is 9.59 Å². The molecule has 0 spiro atoms. The Labute approximate surface area is 58.2 Å². The van der Waals surface area contributed by atoms with E-state index in [0.717, 1.165) is 0 Å². The number of carbonyl (C=O) groups is 2. The van der Waals surface area contributed by atoms with Gasteiger partial charge in [0, 0.05) is 0 Å². The number of nitrogens with one attached hydrogen (secondary N) is 1. The number of amides is 1. The number of carboxylic acids is 1. The van der Waals surface area contributed by atoms with Gasteiger partial charge in [-0.1, -0.05) is 6.92 Å². The van der Waals surface area contributed by atoms with E-state index in [1.165, 1.54) is 0 Å². The summed E-state index contributed by atoms with van der Waals surface area (Å²) in [7, 11) is 0. The van der Waals surface area contributed by atoms with E-state index < -0.39 is 5.97 Å². The third-order valence-corrected chi connectivity index (χ3v) is 1.74. The monoisotopic (exact) mass is 143 g/mol. The van der Waals surface area contributed by atoms with Gasteiger partial charge in [-0.3, -0.25) is 9.59 Å². The highest BCUT2D eigenvalue weighted by molar-refractivity contribution is 5.87. The Kier molecular flexibility index (Phi) is 1.61. The van der Waals surface area contributed by atoms with E-state index in [1.807, 2.05) is 0 Å². The van der Waals surface area contributed by atoms with Gasteiger partial charge in [0.25, 0.3) is 0 Å². The number of carboxylic acid groups (broad SMARTS) is 1. The molecule has 0 aromatic rings. The van der Waals surface area contributed by atoms with Gasteiger partial charge in [-0.2, -0.15) is 0 Å². The number of carbonyl (C=O) groups excluding carboxylic acids is 1. The lowest BCUT2D eigenvalue weighted by Gasteiger charge is -2.32. The molecule has 0 saturated carbocycles. The zero-order valence-corrected chi connectivity index (χ0v) is 5.63. The summed E-state index contributed by atoms with van der Waals surface area (Å²) >= 11 is 0. The summed E-state index contributed by atoms with van der Waals surface area (Å²) in [5.41, 5.74) is 0. The van der Waals surface area contributed by atoms with Gasteiger partial charge in [0.1, 0.15) is 0 Å². The molecule has 0 unspecified atom stereocenters. The van der Waals surface area contributed by atoms with Crippen molar-refractivity contribution in [2.45, 2.75) is 19.4 Å². The fraction of sp³-hybridized carbons (Fsp3) is 0.667. The topological polar surface area (TPSA) is 66.4 Å². The molecule has 0 aromatic heterocycles. The minimum absolute atomic E-state index is 0.0346. The molecular formula is C6H9NO3. The first-order valence-corrected chi connectivity index (χ1v) is 3.13. The van der Waals surface area contributed by atoms with Crippen molar-refractivity contribution in [1.82, 2.24) is 5.32 Å². The second kappa shape index (κ2) is 2.28. The van der Waals surface area contributed by atoms with Crippen molar-refractivity contribution in [3.8, 4) is 0 Å². The second-order valence-corrected chi connectivity index (χ2v) is 2.50. The van der Waals surface area contributed by atoms with Crippen molar-refractivity contribution in [1.29, 1.82) is 0 Å². The van der Waals surface area contributed by atoms with Crippen molar-refractivity contribution in [3.05, 3.63) is 0 Å². The second-order valence-electron chi connectivity index (χ2n) is 2.50. The van der Waals surface area contributed by atoms with E-state index in [-0.39, 0.29) is 24.3 Å². The molecule has 2 N–H and O–H groups in total. The van der Waals surface area contributed by atoms with Gasteiger partial charge < -0.3 is 10.4 Å². The fourth-order valence-electron chi connectivity index (χ4n) is 0.942. The van der Waals surface area contributed by atoms with Crippen LogP contribution in [0.15, 0.2) is 0 Å². The third kappa shape index (κ3) is 1.10. The van der Waals surface area contributed by atoms with E-state index in [0.29, 0.717) is 0 Å². The lowest BCUT2D eigenvalue weighted by molar-refractivity contribution is -0.142. The molecule has 2 atom stereocenters. The summed E-state index contributed by atoms with van der Waals surface area (Å²) in [6, 6.07) is -0.148. The molecular weight excluding hydrogens is 134 g/mol. The van der Waals surface area contributed by atoms with Gasteiger partial charge in [-0.25, -0.2) is 0 Å². The Morgan fingerprint density at radius 3 is 2.70 bits per heavy atom. The lowest BCUT2D eigenvalue weighted by atomic mass is 9.90. The largest absolute Gasteiger partial charge is 0.481 e. The highest BCUT2D eigenvalue weighted by atomic mass is 16.4. The van der Waals surface area contributed by atoms with E-state index >= 15 is 0 Å². The normalized spacial score (nSPS) is 30.7. The van der Waals surface area contributed by atoms with Crippen LogP contribution in [0.1, 0.15) is 13.3 Å². The quantitative estimate of drug-likeness (QED) is 0.517. The minimum atomic E-state index is -0.864. The van der Waals surface area contributed by atoms with Crippen LogP contribution in [0.3, 0.4) is 0 Å². The van der Waals surface area contributed by atoms with Gasteiger partial charge in [0.15, 0.2) is 0 Å². The highest BCUT2D eigenvalue weighted by Crippen LogP contribution is 2.16. The fourth-order valence-corrected chi connectivity index (χ4v) is 0.942. The number of hydrogen-bond donors (Lipinski definition) is 2. The first-order valence-electron chi connectivity index (χ1n) is 3.13. The molecule has 1 rings (SSSR count). The van der Waals surface area contributed by atoms with Crippen molar-refractivity contribution >= 4 is 11.9 Å². The van der Waals surface area contributed by atoms with Crippen LogP contribution in [0.5, 0.6) is 0 Å². The molecule has 4 nitrogen and oxygen atoms in total. The predicted molar refractivity (Wildman–Crippen MR) is 33.3 cm³/mol. The molecule has 4 heteroatoms. The van der Waals surface area contributed by atoms with Gasteiger partial charge in [0.05, 0.1) is 18.4 Å². The molecule has 0 bridgehead atoms. The zero-order valence-electron chi connectivity index (χ0n) is 5.63. The summed E-state index contributed by atoms with van der Waals surface area (Å²) < 4.78 is 0. The number of rotatable bonds is 2. The summed E-state index contributed by atoms with van der Waals surface area (Å²) in [5, 5.41) is 10.8. The number of aliphatic carboxylic acids is 1. The molecule has 1 saturated heterocycles. The number of β-lactam (4-membered cyclic amide) rings is 1. The van der Waals surface area contributed by atoms with Crippen LogP contribution in [0, 0.1) is 5.92 Å². The molecule has 1 aliphatic rings. The molecule has 1 heterocycles. The summed E-state index contributed by atoms with van der Waals surface area (Å²) in [6.45, 7) is 1.73.